The van der Waals surface area contributed by atoms with Crippen molar-refractivity contribution in [2.45, 2.75) is 50.9 Å². The van der Waals surface area contributed by atoms with Crippen molar-refractivity contribution < 1.29 is 14.9 Å². The van der Waals surface area contributed by atoms with Gasteiger partial charge < -0.3 is 14.9 Å². The van der Waals surface area contributed by atoms with Crippen molar-refractivity contribution in [3.8, 4) is 5.75 Å². The summed E-state index contributed by atoms with van der Waals surface area (Å²) in [6, 6.07) is 18.1. The second-order valence-electron chi connectivity index (χ2n) is 8.83. The summed E-state index contributed by atoms with van der Waals surface area (Å²) < 4.78 is 5.81. The van der Waals surface area contributed by atoms with Gasteiger partial charge in [0, 0.05) is 36.7 Å². The highest BCUT2D eigenvalue weighted by Gasteiger charge is 2.36. The first-order valence-corrected chi connectivity index (χ1v) is 11.2. The fourth-order valence-electron chi connectivity index (χ4n) is 4.22. The quantitative estimate of drug-likeness (QED) is 0.592. The van der Waals surface area contributed by atoms with Gasteiger partial charge in [0.15, 0.2) is 0 Å². The van der Waals surface area contributed by atoms with Crippen molar-refractivity contribution in [1.29, 1.82) is 0 Å². The maximum Gasteiger partial charge on any atom is 0.119 e. The standard InChI is InChI=1S/C26H32N2O3/c1-19(2)20-7-9-23(10-8-20)31-16-11-25(29)28-14-12-26(30,13-15-28)22-17-21-5-3-4-6-24(21)27-18-22/h3-10,17-19,25,29-30H,11-16H2,1-2H3. The average Bonchev–Trinajstić information content (AvgIpc) is 2.79. The van der Waals surface area contributed by atoms with Crippen LogP contribution in [0.5, 0.6) is 5.75 Å². The monoisotopic (exact) mass is 420 g/mol. The lowest BCUT2D eigenvalue weighted by molar-refractivity contribution is -0.0819. The summed E-state index contributed by atoms with van der Waals surface area (Å²) in [5.74, 6) is 1.33. The molecule has 1 aliphatic heterocycles. The lowest BCUT2D eigenvalue weighted by Gasteiger charge is -2.40. The molecule has 0 spiro atoms. The summed E-state index contributed by atoms with van der Waals surface area (Å²) in [6.45, 7) is 6.06. The molecule has 31 heavy (non-hydrogen) atoms. The van der Waals surface area contributed by atoms with Crippen LogP contribution in [-0.4, -0.2) is 46.0 Å². The first kappa shape index (κ1) is 21.8. The van der Waals surface area contributed by atoms with Gasteiger partial charge in [0.25, 0.3) is 0 Å². The summed E-state index contributed by atoms with van der Waals surface area (Å²) in [5, 5.41) is 22.9. The van der Waals surface area contributed by atoms with Crippen LogP contribution in [0.25, 0.3) is 10.9 Å². The normalized spacial score (nSPS) is 17.7. The molecular formula is C26H32N2O3. The summed E-state index contributed by atoms with van der Waals surface area (Å²) in [4.78, 5) is 6.52. The Morgan fingerprint density at radius 2 is 1.77 bits per heavy atom. The number of nitrogens with zero attached hydrogens (tertiary/aromatic N) is 2. The van der Waals surface area contributed by atoms with Crippen LogP contribution in [0.15, 0.2) is 60.8 Å². The number of aromatic nitrogens is 1. The van der Waals surface area contributed by atoms with E-state index in [4.69, 9.17) is 4.74 Å². The van der Waals surface area contributed by atoms with Gasteiger partial charge in [0.2, 0.25) is 0 Å². The Morgan fingerprint density at radius 1 is 1.06 bits per heavy atom. The molecule has 2 aromatic carbocycles. The molecule has 5 nitrogen and oxygen atoms in total. The first-order chi connectivity index (χ1) is 14.9. The van der Waals surface area contributed by atoms with E-state index in [1.165, 1.54) is 5.56 Å². The second-order valence-corrected chi connectivity index (χ2v) is 8.83. The van der Waals surface area contributed by atoms with E-state index < -0.39 is 11.8 Å². The number of fused-ring (bicyclic) bond motifs is 1. The molecule has 0 aliphatic carbocycles. The molecule has 1 unspecified atom stereocenters. The van der Waals surface area contributed by atoms with Crippen LogP contribution in [0.2, 0.25) is 0 Å². The Balaban J connectivity index is 1.28. The van der Waals surface area contributed by atoms with Gasteiger partial charge in [-0.15, -0.1) is 0 Å². The highest BCUT2D eigenvalue weighted by Crippen LogP contribution is 2.34. The van der Waals surface area contributed by atoms with Gasteiger partial charge in [-0.3, -0.25) is 9.88 Å². The van der Waals surface area contributed by atoms with Crippen molar-refractivity contribution in [2.24, 2.45) is 0 Å². The van der Waals surface area contributed by atoms with E-state index in [0.29, 0.717) is 44.9 Å². The molecule has 164 valence electrons. The third kappa shape index (κ3) is 5.06. The summed E-state index contributed by atoms with van der Waals surface area (Å²) >= 11 is 0. The molecule has 2 heterocycles. The maximum absolute atomic E-state index is 11.2. The Hall–Kier alpha value is -2.47. The number of aliphatic hydroxyl groups excluding tert-OH is 1. The van der Waals surface area contributed by atoms with E-state index in [1.807, 2.05) is 47.4 Å². The number of hydrogen-bond donors (Lipinski definition) is 2. The Bertz CT molecular complexity index is 995. The molecule has 1 aromatic heterocycles. The van der Waals surface area contributed by atoms with Gasteiger partial charge in [0.1, 0.15) is 12.0 Å². The minimum Gasteiger partial charge on any atom is -0.493 e. The van der Waals surface area contributed by atoms with Crippen LogP contribution < -0.4 is 4.74 Å². The van der Waals surface area contributed by atoms with Crippen LogP contribution in [0.1, 0.15) is 50.2 Å². The minimum absolute atomic E-state index is 0.456. The fraction of sp³-hybridized carbons (Fsp3) is 0.423. The molecule has 5 heteroatoms. The second kappa shape index (κ2) is 9.35. The molecule has 0 saturated carbocycles. The molecule has 0 bridgehead atoms. The summed E-state index contributed by atoms with van der Waals surface area (Å²) in [6.07, 6.45) is 2.88. The van der Waals surface area contributed by atoms with E-state index >= 15 is 0 Å². The lowest BCUT2D eigenvalue weighted by atomic mass is 9.84. The van der Waals surface area contributed by atoms with Crippen LogP contribution >= 0.6 is 0 Å². The predicted molar refractivity (Wildman–Crippen MR) is 123 cm³/mol. The van der Waals surface area contributed by atoms with E-state index in [9.17, 15) is 10.2 Å². The van der Waals surface area contributed by atoms with Crippen LogP contribution in [-0.2, 0) is 5.60 Å². The molecule has 1 saturated heterocycles. The van der Waals surface area contributed by atoms with Crippen LogP contribution in [0.3, 0.4) is 0 Å². The smallest absolute Gasteiger partial charge is 0.119 e. The van der Waals surface area contributed by atoms with Crippen LogP contribution in [0, 0.1) is 0 Å². The topological polar surface area (TPSA) is 65.8 Å². The predicted octanol–water partition coefficient (Wildman–Crippen LogP) is 4.43. The first-order valence-electron chi connectivity index (χ1n) is 11.2. The van der Waals surface area contributed by atoms with Gasteiger partial charge in [-0.2, -0.15) is 0 Å². The number of ether oxygens (including phenoxy) is 1. The zero-order valence-electron chi connectivity index (χ0n) is 18.4. The number of para-hydroxylation sites is 1. The molecule has 0 amide bonds. The summed E-state index contributed by atoms with van der Waals surface area (Å²) in [7, 11) is 0. The molecule has 4 rings (SSSR count). The molecule has 2 N–H and O–H groups in total. The lowest BCUT2D eigenvalue weighted by Crippen LogP contribution is -2.47. The number of benzene rings is 2. The third-order valence-electron chi connectivity index (χ3n) is 6.37. The Kier molecular flexibility index (Phi) is 6.56. The largest absolute Gasteiger partial charge is 0.493 e. The SMILES string of the molecule is CC(C)c1ccc(OCCC(O)N2CCC(O)(c3cnc4ccccc4c3)CC2)cc1. The summed E-state index contributed by atoms with van der Waals surface area (Å²) in [5.41, 5.74) is 2.17. The van der Waals surface area contributed by atoms with E-state index in [0.717, 1.165) is 22.2 Å². The number of rotatable bonds is 7. The van der Waals surface area contributed by atoms with Crippen LogP contribution in [0.4, 0.5) is 0 Å². The van der Waals surface area contributed by atoms with E-state index in [2.05, 4.69) is 31.0 Å². The number of pyridine rings is 1. The molecule has 3 aromatic rings. The number of piperidine rings is 1. The Morgan fingerprint density at radius 3 is 2.48 bits per heavy atom. The van der Waals surface area contributed by atoms with E-state index in [1.54, 1.807) is 6.20 Å². The molecule has 1 fully saturated rings. The van der Waals surface area contributed by atoms with Gasteiger partial charge in [-0.25, -0.2) is 0 Å². The molecule has 1 aliphatic rings. The van der Waals surface area contributed by atoms with E-state index in [-0.39, 0.29) is 0 Å². The highest BCUT2D eigenvalue weighted by atomic mass is 16.5. The van der Waals surface area contributed by atoms with Crippen molar-refractivity contribution in [2.75, 3.05) is 19.7 Å². The third-order valence-corrected chi connectivity index (χ3v) is 6.37. The van der Waals surface area contributed by atoms with Crippen molar-refractivity contribution in [1.82, 2.24) is 9.88 Å². The zero-order valence-corrected chi connectivity index (χ0v) is 18.4. The van der Waals surface area contributed by atoms with Gasteiger partial charge >= 0.3 is 0 Å². The fourth-order valence-corrected chi connectivity index (χ4v) is 4.22. The van der Waals surface area contributed by atoms with Crippen molar-refractivity contribution >= 4 is 10.9 Å². The van der Waals surface area contributed by atoms with Crippen molar-refractivity contribution in [3.05, 3.63) is 71.9 Å². The number of aliphatic hydroxyl groups is 2. The average molecular weight is 421 g/mol. The zero-order chi connectivity index (χ0) is 21.8. The minimum atomic E-state index is -0.901. The molecule has 0 radical (unpaired) electrons. The van der Waals surface area contributed by atoms with Gasteiger partial charge in [-0.05, 0) is 48.6 Å². The Labute approximate surface area is 184 Å². The number of hydrogen-bond acceptors (Lipinski definition) is 5. The highest BCUT2D eigenvalue weighted by molar-refractivity contribution is 5.78. The van der Waals surface area contributed by atoms with Crippen molar-refractivity contribution in [3.63, 3.8) is 0 Å². The van der Waals surface area contributed by atoms with Gasteiger partial charge in [0.05, 0.1) is 17.7 Å². The maximum atomic E-state index is 11.2. The molecule has 1 atom stereocenters. The van der Waals surface area contributed by atoms with Gasteiger partial charge in [-0.1, -0.05) is 44.2 Å². The number of likely N-dealkylation sites (tertiary alicyclic amines) is 1. The molecular weight excluding hydrogens is 388 g/mol.